The Morgan fingerprint density at radius 3 is 2.64 bits per heavy atom. The highest BCUT2D eigenvalue weighted by Crippen LogP contribution is 2.29. The van der Waals surface area contributed by atoms with Crippen molar-refractivity contribution in [3.05, 3.63) is 54.7 Å². The molecule has 1 aliphatic heterocycles. The second-order valence-electron chi connectivity index (χ2n) is 6.60. The van der Waals surface area contributed by atoms with Crippen LogP contribution in [0.25, 0.3) is 22.3 Å². The first-order chi connectivity index (χ1) is 12.3. The standard InChI is InChI=1S/C20H21N5/c1-15-10-12-25(13-11-15)24-23-19-9-5-3-7-17(19)20-21-14-16-6-2-4-8-18(16)22-20/h2-9,14-15H,10-13H2,1H3. The molecule has 4 rings (SSSR count). The van der Waals surface area contributed by atoms with Gasteiger partial charge in [-0.3, -0.25) is 5.01 Å². The number of aromatic nitrogens is 2. The van der Waals surface area contributed by atoms with Crippen LogP contribution >= 0.6 is 0 Å². The Kier molecular flexibility index (Phi) is 4.37. The molecule has 3 aromatic rings. The van der Waals surface area contributed by atoms with E-state index in [9.17, 15) is 0 Å². The third-order valence-corrected chi connectivity index (χ3v) is 4.67. The van der Waals surface area contributed by atoms with Crippen LogP contribution in [0.3, 0.4) is 0 Å². The average Bonchev–Trinajstić information content (AvgIpc) is 2.67. The van der Waals surface area contributed by atoms with Crippen molar-refractivity contribution >= 4 is 16.6 Å². The minimum absolute atomic E-state index is 0.681. The van der Waals surface area contributed by atoms with Crippen molar-refractivity contribution < 1.29 is 0 Å². The summed E-state index contributed by atoms with van der Waals surface area (Å²) in [5.74, 6) is 1.46. The minimum Gasteiger partial charge on any atom is -0.278 e. The van der Waals surface area contributed by atoms with Crippen molar-refractivity contribution in [1.82, 2.24) is 15.0 Å². The molecule has 25 heavy (non-hydrogen) atoms. The van der Waals surface area contributed by atoms with Crippen LogP contribution in [0.4, 0.5) is 5.69 Å². The summed E-state index contributed by atoms with van der Waals surface area (Å²) < 4.78 is 0. The molecule has 5 heteroatoms. The molecule has 0 atom stereocenters. The maximum absolute atomic E-state index is 4.68. The van der Waals surface area contributed by atoms with Gasteiger partial charge in [0.2, 0.25) is 0 Å². The summed E-state index contributed by atoms with van der Waals surface area (Å²) in [5, 5.41) is 12.0. The first-order valence-electron chi connectivity index (χ1n) is 8.77. The lowest BCUT2D eigenvalue weighted by atomic mass is 10.0. The Hall–Kier alpha value is -2.82. The third kappa shape index (κ3) is 3.50. The fourth-order valence-corrected chi connectivity index (χ4v) is 3.05. The molecule has 0 unspecified atom stereocenters. The maximum atomic E-state index is 4.68. The van der Waals surface area contributed by atoms with Crippen molar-refractivity contribution in [2.24, 2.45) is 16.3 Å². The van der Waals surface area contributed by atoms with Gasteiger partial charge < -0.3 is 0 Å². The van der Waals surface area contributed by atoms with Gasteiger partial charge in [0.1, 0.15) is 0 Å². The molecule has 126 valence electrons. The Bertz CT molecular complexity index is 897. The molecule has 0 bridgehead atoms. The Morgan fingerprint density at radius 2 is 1.76 bits per heavy atom. The number of benzene rings is 2. The van der Waals surface area contributed by atoms with Crippen molar-refractivity contribution in [3.8, 4) is 11.4 Å². The molecule has 1 aromatic heterocycles. The van der Waals surface area contributed by atoms with Crippen LogP contribution in [-0.4, -0.2) is 28.1 Å². The van der Waals surface area contributed by atoms with Crippen molar-refractivity contribution in [1.29, 1.82) is 0 Å². The summed E-state index contributed by atoms with van der Waals surface area (Å²) >= 11 is 0. The van der Waals surface area contributed by atoms with Crippen LogP contribution in [-0.2, 0) is 0 Å². The summed E-state index contributed by atoms with van der Waals surface area (Å²) in [5.41, 5.74) is 2.64. The second-order valence-corrected chi connectivity index (χ2v) is 6.60. The molecule has 2 aromatic carbocycles. The van der Waals surface area contributed by atoms with Crippen LogP contribution in [0.2, 0.25) is 0 Å². The highest BCUT2D eigenvalue weighted by Gasteiger charge is 2.14. The van der Waals surface area contributed by atoms with Gasteiger partial charge in [-0.25, -0.2) is 9.97 Å². The summed E-state index contributed by atoms with van der Waals surface area (Å²) in [7, 11) is 0. The number of piperidine rings is 1. The summed E-state index contributed by atoms with van der Waals surface area (Å²) in [6.45, 7) is 4.24. The molecule has 0 amide bonds. The van der Waals surface area contributed by atoms with Crippen molar-refractivity contribution in [3.63, 3.8) is 0 Å². The van der Waals surface area contributed by atoms with Gasteiger partial charge in [-0.15, -0.1) is 5.11 Å². The molecule has 0 saturated carbocycles. The van der Waals surface area contributed by atoms with E-state index in [2.05, 4.69) is 32.2 Å². The molecular weight excluding hydrogens is 310 g/mol. The molecular formula is C20H21N5. The largest absolute Gasteiger partial charge is 0.278 e. The SMILES string of the molecule is CC1CCN(N=Nc2ccccc2-c2ncc3ccccc3n2)CC1. The van der Waals surface area contributed by atoms with Crippen LogP contribution in [0.5, 0.6) is 0 Å². The normalized spacial score (nSPS) is 16.0. The average molecular weight is 331 g/mol. The monoisotopic (exact) mass is 331 g/mol. The Morgan fingerprint density at radius 1 is 1.00 bits per heavy atom. The minimum atomic E-state index is 0.681. The van der Waals surface area contributed by atoms with Crippen LogP contribution in [0, 0.1) is 5.92 Å². The van der Waals surface area contributed by atoms with Crippen LogP contribution in [0.1, 0.15) is 19.8 Å². The van der Waals surface area contributed by atoms with Gasteiger partial charge in [0, 0.05) is 30.2 Å². The zero-order chi connectivity index (χ0) is 17.1. The lowest BCUT2D eigenvalue weighted by molar-refractivity contribution is 0.188. The lowest BCUT2D eigenvalue weighted by Gasteiger charge is -2.26. The van der Waals surface area contributed by atoms with Crippen LogP contribution < -0.4 is 0 Å². The molecule has 5 nitrogen and oxygen atoms in total. The topological polar surface area (TPSA) is 53.7 Å². The van der Waals surface area contributed by atoms with E-state index in [1.54, 1.807) is 0 Å². The van der Waals surface area contributed by atoms with Gasteiger partial charge in [-0.2, -0.15) is 0 Å². The highest BCUT2D eigenvalue weighted by atomic mass is 15.5. The van der Waals surface area contributed by atoms with Crippen molar-refractivity contribution in [2.45, 2.75) is 19.8 Å². The predicted octanol–water partition coefficient (Wildman–Crippen LogP) is 5.03. The number of para-hydroxylation sites is 1. The second kappa shape index (κ2) is 6.97. The van der Waals surface area contributed by atoms with Gasteiger partial charge in [0.25, 0.3) is 0 Å². The molecule has 1 aliphatic rings. The number of fused-ring (bicyclic) bond motifs is 1. The zero-order valence-corrected chi connectivity index (χ0v) is 14.3. The summed E-state index contributed by atoms with van der Waals surface area (Å²) in [4.78, 5) is 9.20. The first kappa shape index (κ1) is 15.7. The fraction of sp³-hybridized carbons (Fsp3) is 0.300. The number of nitrogens with zero attached hydrogens (tertiary/aromatic N) is 5. The quantitative estimate of drug-likeness (QED) is 0.633. The van der Waals surface area contributed by atoms with Crippen molar-refractivity contribution in [2.75, 3.05) is 13.1 Å². The fourth-order valence-electron chi connectivity index (χ4n) is 3.05. The van der Waals surface area contributed by atoms with E-state index >= 15 is 0 Å². The molecule has 0 radical (unpaired) electrons. The highest BCUT2D eigenvalue weighted by molar-refractivity contribution is 5.81. The maximum Gasteiger partial charge on any atom is 0.162 e. The smallest absolute Gasteiger partial charge is 0.162 e. The van der Waals surface area contributed by atoms with E-state index in [1.165, 1.54) is 12.8 Å². The number of hydrogen-bond acceptors (Lipinski definition) is 4. The lowest BCUT2D eigenvalue weighted by Crippen LogP contribution is -2.27. The van der Waals surface area contributed by atoms with E-state index < -0.39 is 0 Å². The first-order valence-corrected chi connectivity index (χ1v) is 8.77. The van der Waals surface area contributed by atoms with E-state index in [-0.39, 0.29) is 0 Å². The summed E-state index contributed by atoms with van der Waals surface area (Å²) in [6, 6.07) is 15.9. The Balaban J connectivity index is 1.64. The number of hydrogen-bond donors (Lipinski definition) is 0. The van der Waals surface area contributed by atoms with Gasteiger partial charge in [0.15, 0.2) is 5.82 Å². The van der Waals surface area contributed by atoms with Gasteiger partial charge in [-0.1, -0.05) is 42.5 Å². The van der Waals surface area contributed by atoms with E-state index in [4.69, 9.17) is 0 Å². The molecule has 2 heterocycles. The molecule has 0 aliphatic carbocycles. The molecule has 0 spiro atoms. The number of rotatable bonds is 3. The molecule has 1 saturated heterocycles. The van der Waals surface area contributed by atoms with Gasteiger partial charge >= 0.3 is 0 Å². The summed E-state index contributed by atoms with van der Waals surface area (Å²) in [6.07, 6.45) is 4.21. The predicted molar refractivity (Wildman–Crippen MR) is 99.5 cm³/mol. The van der Waals surface area contributed by atoms with E-state index in [1.807, 2.05) is 54.7 Å². The third-order valence-electron chi connectivity index (χ3n) is 4.67. The zero-order valence-electron chi connectivity index (χ0n) is 14.3. The van der Waals surface area contributed by atoms with Crippen LogP contribution in [0.15, 0.2) is 65.1 Å². The van der Waals surface area contributed by atoms with Gasteiger partial charge in [0.05, 0.1) is 11.2 Å². The van der Waals surface area contributed by atoms with E-state index in [0.29, 0.717) is 5.82 Å². The molecule has 1 fully saturated rings. The van der Waals surface area contributed by atoms with E-state index in [0.717, 1.165) is 41.2 Å². The Labute approximate surface area is 147 Å². The van der Waals surface area contributed by atoms with Gasteiger partial charge in [-0.05, 0) is 37.0 Å². The molecule has 0 N–H and O–H groups in total.